The SMILES string of the molecule is CCc1ccc(C(=O)C[C@]2(O)C(=O)N(CCCc3ccccc3)c3ccccc32)cc1. The first-order valence-corrected chi connectivity index (χ1v) is 10.8. The average Bonchev–Trinajstić information content (AvgIpc) is 3.01. The number of carbonyl (C=O) groups is 2. The summed E-state index contributed by atoms with van der Waals surface area (Å²) in [5, 5.41) is 11.4. The second kappa shape index (κ2) is 8.86. The van der Waals surface area contributed by atoms with Crippen LogP contribution >= 0.6 is 0 Å². The van der Waals surface area contributed by atoms with E-state index in [2.05, 4.69) is 19.1 Å². The fraction of sp³-hybridized carbons (Fsp3) is 0.259. The Morgan fingerprint density at radius 2 is 1.58 bits per heavy atom. The molecule has 158 valence electrons. The minimum absolute atomic E-state index is 0.237. The lowest BCUT2D eigenvalue weighted by molar-refractivity contribution is -0.135. The van der Waals surface area contributed by atoms with E-state index in [-0.39, 0.29) is 12.2 Å². The summed E-state index contributed by atoms with van der Waals surface area (Å²) in [6.07, 6.45) is 2.24. The van der Waals surface area contributed by atoms with Crippen LogP contribution in [0.3, 0.4) is 0 Å². The number of hydrogen-bond donors (Lipinski definition) is 1. The maximum absolute atomic E-state index is 13.3. The molecule has 0 fully saturated rings. The third kappa shape index (κ3) is 4.17. The van der Waals surface area contributed by atoms with Gasteiger partial charge in [0.2, 0.25) is 0 Å². The number of nitrogens with zero attached hydrogens (tertiary/aromatic N) is 1. The second-order valence-electron chi connectivity index (χ2n) is 8.07. The van der Waals surface area contributed by atoms with Crippen LogP contribution in [-0.4, -0.2) is 23.3 Å². The number of carbonyl (C=O) groups excluding carboxylic acids is 2. The molecule has 0 saturated carbocycles. The summed E-state index contributed by atoms with van der Waals surface area (Å²) in [6, 6.07) is 24.7. The molecule has 0 aromatic heterocycles. The number of Topliss-reactive ketones (excluding diaryl/α,β-unsaturated/α-hetero) is 1. The number of aliphatic hydroxyl groups is 1. The number of rotatable bonds is 8. The summed E-state index contributed by atoms with van der Waals surface area (Å²) >= 11 is 0. The van der Waals surface area contributed by atoms with E-state index in [1.165, 1.54) is 5.56 Å². The van der Waals surface area contributed by atoms with Gasteiger partial charge in [0.15, 0.2) is 11.4 Å². The van der Waals surface area contributed by atoms with Gasteiger partial charge in [0.05, 0.1) is 12.1 Å². The molecular weight excluding hydrogens is 386 g/mol. The van der Waals surface area contributed by atoms with Crippen LogP contribution in [0.5, 0.6) is 0 Å². The molecule has 0 saturated heterocycles. The van der Waals surface area contributed by atoms with Crippen LogP contribution in [0, 0.1) is 0 Å². The van der Waals surface area contributed by atoms with Crippen LogP contribution in [0.1, 0.15) is 46.8 Å². The highest BCUT2D eigenvalue weighted by Gasteiger charge is 2.50. The van der Waals surface area contributed by atoms with Crippen molar-refractivity contribution in [1.82, 2.24) is 0 Å². The topological polar surface area (TPSA) is 57.6 Å². The molecule has 1 heterocycles. The Kier molecular flexibility index (Phi) is 6.01. The maximum Gasteiger partial charge on any atom is 0.264 e. The summed E-state index contributed by atoms with van der Waals surface area (Å²) in [4.78, 5) is 27.9. The lowest BCUT2D eigenvalue weighted by atomic mass is 9.88. The van der Waals surface area contributed by atoms with Crippen molar-refractivity contribution in [1.29, 1.82) is 0 Å². The molecule has 3 aromatic rings. The molecule has 4 nitrogen and oxygen atoms in total. The number of ketones is 1. The van der Waals surface area contributed by atoms with Gasteiger partial charge in [-0.25, -0.2) is 0 Å². The number of benzene rings is 3. The third-order valence-corrected chi connectivity index (χ3v) is 6.03. The Bertz CT molecular complexity index is 1080. The van der Waals surface area contributed by atoms with Crippen LogP contribution < -0.4 is 4.90 Å². The minimum atomic E-state index is -1.83. The molecule has 0 bridgehead atoms. The lowest BCUT2D eigenvalue weighted by Gasteiger charge is -2.23. The minimum Gasteiger partial charge on any atom is -0.375 e. The zero-order chi connectivity index (χ0) is 21.8. The summed E-state index contributed by atoms with van der Waals surface area (Å²) in [5.74, 6) is -0.653. The molecule has 4 heteroatoms. The van der Waals surface area contributed by atoms with Crippen molar-refractivity contribution in [2.45, 2.75) is 38.2 Å². The molecule has 3 aromatic carbocycles. The number of fused-ring (bicyclic) bond motifs is 1. The summed E-state index contributed by atoms with van der Waals surface area (Å²) in [5.41, 5.74) is 2.24. The zero-order valence-corrected chi connectivity index (χ0v) is 17.8. The molecule has 0 spiro atoms. The van der Waals surface area contributed by atoms with Gasteiger partial charge < -0.3 is 10.0 Å². The van der Waals surface area contributed by atoms with E-state index < -0.39 is 11.5 Å². The maximum atomic E-state index is 13.3. The Hall–Kier alpha value is -3.24. The third-order valence-electron chi connectivity index (χ3n) is 6.03. The molecule has 0 aliphatic carbocycles. The molecule has 1 aliphatic rings. The molecule has 1 aliphatic heterocycles. The lowest BCUT2D eigenvalue weighted by Crippen LogP contribution is -2.42. The molecule has 0 unspecified atom stereocenters. The molecule has 1 atom stereocenters. The Morgan fingerprint density at radius 1 is 0.903 bits per heavy atom. The Morgan fingerprint density at radius 3 is 2.29 bits per heavy atom. The Labute approximate surface area is 183 Å². The highest BCUT2D eigenvalue weighted by molar-refractivity contribution is 6.10. The smallest absolute Gasteiger partial charge is 0.264 e. The number of amides is 1. The van der Waals surface area contributed by atoms with Gasteiger partial charge in [0, 0.05) is 17.7 Å². The quantitative estimate of drug-likeness (QED) is 0.545. The van der Waals surface area contributed by atoms with Gasteiger partial charge in [-0.05, 0) is 36.5 Å². The van der Waals surface area contributed by atoms with E-state index in [9.17, 15) is 14.7 Å². The molecule has 4 rings (SSSR count). The highest BCUT2D eigenvalue weighted by atomic mass is 16.3. The summed E-state index contributed by atoms with van der Waals surface area (Å²) in [6.45, 7) is 2.55. The Balaban J connectivity index is 1.53. The number of para-hydroxylation sites is 1. The summed E-state index contributed by atoms with van der Waals surface area (Å²) < 4.78 is 0. The van der Waals surface area contributed by atoms with E-state index in [0.29, 0.717) is 23.4 Å². The molecule has 0 radical (unpaired) electrons. The van der Waals surface area contributed by atoms with Crippen molar-refractivity contribution >= 4 is 17.4 Å². The largest absolute Gasteiger partial charge is 0.375 e. The van der Waals surface area contributed by atoms with Crippen LogP contribution in [0.4, 0.5) is 5.69 Å². The van der Waals surface area contributed by atoms with Crippen molar-refractivity contribution in [3.63, 3.8) is 0 Å². The van der Waals surface area contributed by atoms with Crippen molar-refractivity contribution in [2.75, 3.05) is 11.4 Å². The number of hydrogen-bond acceptors (Lipinski definition) is 3. The predicted octanol–water partition coefficient (Wildman–Crippen LogP) is 4.69. The number of aryl methyl sites for hydroxylation is 2. The zero-order valence-electron chi connectivity index (χ0n) is 17.8. The van der Waals surface area contributed by atoms with Gasteiger partial charge in [-0.2, -0.15) is 0 Å². The van der Waals surface area contributed by atoms with Crippen molar-refractivity contribution < 1.29 is 14.7 Å². The summed E-state index contributed by atoms with van der Waals surface area (Å²) in [7, 11) is 0. The highest BCUT2D eigenvalue weighted by Crippen LogP contribution is 2.43. The van der Waals surface area contributed by atoms with Gasteiger partial charge in [-0.1, -0.05) is 79.7 Å². The monoisotopic (exact) mass is 413 g/mol. The van der Waals surface area contributed by atoms with Crippen LogP contribution in [0.25, 0.3) is 0 Å². The van der Waals surface area contributed by atoms with Crippen molar-refractivity contribution in [3.05, 3.63) is 101 Å². The normalized spacial score (nSPS) is 17.6. The molecule has 31 heavy (non-hydrogen) atoms. The van der Waals surface area contributed by atoms with Crippen LogP contribution in [0.15, 0.2) is 78.9 Å². The van der Waals surface area contributed by atoms with Crippen molar-refractivity contribution in [2.24, 2.45) is 0 Å². The van der Waals surface area contributed by atoms with E-state index in [1.54, 1.807) is 29.2 Å². The standard InChI is InChI=1S/C27H27NO3/c1-2-20-14-16-22(17-15-20)25(29)19-27(31)23-12-6-7-13-24(23)28(26(27)30)18-8-11-21-9-4-3-5-10-21/h3-7,9-10,12-17,31H,2,8,11,18-19H2,1H3/t27-/m1/s1. The van der Waals surface area contributed by atoms with Gasteiger partial charge in [-0.15, -0.1) is 0 Å². The van der Waals surface area contributed by atoms with Crippen molar-refractivity contribution in [3.8, 4) is 0 Å². The fourth-order valence-corrected chi connectivity index (χ4v) is 4.25. The van der Waals surface area contributed by atoms with Gasteiger partial charge in [0.25, 0.3) is 5.91 Å². The van der Waals surface area contributed by atoms with E-state index in [1.807, 2.05) is 42.5 Å². The van der Waals surface area contributed by atoms with Gasteiger partial charge in [0.1, 0.15) is 0 Å². The fourth-order valence-electron chi connectivity index (χ4n) is 4.25. The van der Waals surface area contributed by atoms with E-state index >= 15 is 0 Å². The average molecular weight is 414 g/mol. The van der Waals surface area contributed by atoms with E-state index in [0.717, 1.165) is 24.8 Å². The first-order chi connectivity index (χ1) is 15.0. The second-order valence-corrected chi connectivity index (χ2v) is 8.07. The molecule has 1 N–H and O–H groups in total. The van der Waals surface area contributed by atoms with E-state index in [4.69, 9.17) is 0 Å². The number of anilines is 1. The predicted molar refractivity (Wildman–Crippen MR) is 122 cm³/mol. The van der Waals surface area contributed by atoms with Gasteiger partial charge >= 0.3 is 0 Å². The first-order valence-electron chi connectivity index (χ1n) is 10.8. The molecular formula is C27H27NO3. The van der Waals surface area contributed by atoms with Crippen LogP contribution in [-0.2, 0) is 23.2 Å². The van der Waals surface area contributed by atoms with Gasteiger partial charge in [-0.3, -0.25) is 9.59 Å². The first kappa shape index (κ1) is 21.0. The van der Waals surface area contributed by atoms with Crippen LogP contribution in [0.2, 0.25) is 0 Å². The molecule has 1 amide bonds.